The molecule has 1 fully saturated rings. The quantitative estimate of drug-likeness (QED) is 0.702. The maximum absolute atomic E-state index is 12.1. The van der Waals surface area contributed by atoms with Crippen molar-refractivity contribution in [1.82, 2.24) is 4.90 Å². The van der Waals surface area contributed by atoms with Crippen molar-refractivity contribution in [3.8, 4) is 0 Å². The van der Waals surface area contributed by atoms with Gasteiger partial charge in [0.25, 0.3) is 0 Å². The number of nitrogens with two attached hydrogens (primary N) is 1. The van der Waals surface area contributed by atoms with Gasteiger partial charge >= 0.3 is 5.97 Å². The maximum Gasteiger partial charge on any atom is 0.307 e. The Hall–Kier alpha value is -1.99. The second-order valence-electron chi connectivity index (χ2n) is 5.41. The molecular formula is C15H19N3O3S. The number of nitrogens with zero attached hydrogens (tertiary/aromatic N) is 1. The van der Waals surface area contributed by atoms with Crippen LogP contribution in [0.15, 0.2) is 24.3 Å². The van der Waals surface area contributed by atoms with E-state index in [0.717, 1.165) is 13.0 Å². The summed E-state index contributed by atoms with van der Waals surface area (Å²) in [6.07, 6.45) is 1.46. The van der Waals surface area contributed by atoms with Crippen molar-refractivity contribution in [3.63, 3.8) is 0 Å². The van der Waals surface area contributed by atoms with E-state index in [1.54, 1.807) is 24.3 Å². The van der Waals surface area contributed by atoms with Crippen molar-refractivity contribution < 1.29 is 14.7 Å². The van der Waals surface area contributed by atoms with Crippen molar-refractivity contribution in [3.05, 3.63) is 29.8 Å². The van der Waals surface area contributed by atoms with Gasteiger partial charge in [-0.25, -0.2) is 0 Å². The van der Waals surface area contributed by atoms with E-state index in [4.69, 9.17) is 23.1 Å². The molecule has 1 unspecified atom stereocenters. The smallest absolute Gasteiger partial charge is 0.307 e. The number of thiocarbonyl (C=S) groups is 1. The molecule has 22 heavy (non-hydrogen) atoms. The lowest BCUT2D eigenvalue weighted by atomic mass is 9.98. The molecule has 2 rings (SSSR count). The predicted molar refractivity (Wildman–Crippen MR) is 87.8 cm³/mol. The lowest BCUT2D eigenvalue weighted by Gasteiger charge is -2.29. The molecule has 0 aliphatic carbocycles. The molecule has 0 saturated carbocycles. The van der Waals surface area contributed by atoms with Crippen LogP contribution in [0.5, 0.6) is 0 Å². The third-order valence-corrected chi connectivity index (χ3v) is 3.89. The Labute approximate surface area is 134 Å². The number of rotatable bonds is 5. The van der Waals surface area contributed by atoms with Crippen LogP contribution in [0, 0.1) is 5.92 Å². The normalized spacial score (nSPS) is 18.6. The third kappa shape index (κ3) is 4.51. The van der Waals surface area contributed by atoms with E-state index in [-0.39, 0.29) is 23.4 Å². The first-order chi connectivity index (χ1) is 10.5. The summed E-state index contributed by atoms with van der Waals surface area (Å²) < 4.78 is 0. The van der Waals surface area contributed by atoms with Crippen LogP contribution in [0.3, 0.4) is 0 Å². The summed E-state index contributed by atoms with van der Waals surface area (Å²) >= 11 is 4.90. The summed E-state index contributed by atoms with van der Waals surface area (Å²) in [5.41, 5.74) is 6.88. The van der Waals surface area contributed by atoms with Crippen LogP contribution in [0.4, 0.5) is 5.69 Å². The predicted octanol–water partition coefficient (Wildman–Crippen LogP) is 1.06. The van der Waals surface area contributed by atoms with Crippen LogP contribution in [-0.4, -0.2) is 46.5 Å². The van der Waals surface area contributed by atoms with E-state index >= 15 is 0 Å². The first-order valence-corrected chi connectivity index (χ1v) is 7.51. The first-order valence-electron chi connectivity index (χ1n) is 7.10. The number of carbonyl (C=O) groups is 2. The number of likely N-dealkylation sites (tertiary alicyclic amines) is 1. The highest BCUT2D eigenvalue weighted by molar-refractivity contribution is 7.80. The zero-order valence-corrected chi connectivity index (χ0v) is 12.9. The Kier molecular flexibility index (Phi) is 5.46. The number of aliphatic carboxylic acids is 1. The van der Waals surface area contributed by atoms with Gasteiger partial charge in [-0.2, -0.15) is 0 Å². The third-order valence-electron chi connectivity index (χ3n) is 3.65. The number of hydrogen-bond acceptors (Lipinski definition) is 4. The van der Waals surface area contributed by atoms with Crippen molar-refractivity contribution in [2.24, 2.45) is 11.7 Å². The number of carboxylic acid groups (broad SMARTS) is 1. The molecule has 1 atom stereocenters. The van der Waals surface area contributed by atoms with Crippen LogP contribution < -0.4 is 11.1 Å². The zero-order valence-electron chi connectivity index (χ0n) is 12.1. The molecule has 0 bridgehead atoms. The van der Waals surface area contributed by atoms with Crippen LogP contribution in [0.25, 0.3) is 0 Å². The molecule has 0 spiro atoms. The maximum atomic E-state index is 12.1. The fourth-order valence-corrected chi connectivity index (χ4v) is 2.68. The Bertz CT molecular complexity index is 591. The lowest BCUT2D eigenvalue weighted by molar-refractivity contribution is -0.144. The van der Waals surface area contributed by atoms with Crippen molar-refractivity contribution in [1.29, 1.82) is 0 Å². The van der Waals surface area contributed by atoms with E-state index in [0.29, 0.717) is 24.2 Å². The number of nitrogens with one attached hydrogen (secondary N) is 1. The molecule has 0 aromatic heterocycles. The average molecular weight is 321 g/mol. The van der Waals surface area contributed by atoms with E-state index in [1.165, 1.54) is 0 Å². The first kappa shape index (κ1) is 16.4. The van der Waals surface area contributed by atoms with E-state index in [9.17, 15) is 9.59 Å². The minimum absolute atomic E-state index is 0.175. The molecule has 1 amide bonds. The van der Waals surface area contributed by atoms with Gasteiger partial charge in [-0.05, 0) is 31.5 Å². The number of benzene rings is 1. The molecule has 1 aromatic rings. The largest absolute Gasteiger partial charge is 0.481 e. The molecule has 1 heterocycles. The van der Waals surface area contributed by atoms with Gasteiger partial charge in [-0.1, -0.05) is 24.4 Å². The monoisotopic (exact) mass is 321 g/mol. The summed E-state index contributed by atoms with van der Waals surface area (Å²) in [4.78, 5) is 25.2. The van der Waals surface area contributed by atoms with E-state index in [2.05, 4.69) is 5.32 Å². The van der Waals surface area contributed by atoms with Gasteiger partial charge < -0.3 is 16.2 Å². The fraction of sp³-hybridized carbons (Fsp3) is 0.400. The molecule has 1 aromatic carbocycles. The second kappa shape index (κ2) is 7.33. The number of carbonyl (C=O) groups excluding carboxylic acids is 1. The molecular weight excluding hydrogens is 302 g/mol. The Morgan fingerprint density at radius 2 is 2.23 bits per heavy atom. The zero-order chi connectivity index (χ0) is 16.1. The Morgan fingerprint density at radius 3 is 2.91 bits per heavy atom. The van der Waals surface area contributed by atoms with E-state index < -0.39 is 5.97 Å². The highest BCUT2D eigenvalue weighted by Crippen LogP contribution is 2.17. The van der Waals surface area contributed by atoms with Gasteiger partial charge in [-0.3, -0.25) is 14.5 Å². The number of hydrogen-bond donors (Lipinski definition) is 3. The summed E-state index contributed by atoms with van der Waals surface area (Å²) in [5.74, 6) is -1.36. The highest BCUT2D eigenvalue weighted by atomic mass is 32.1. The molecule has 0 radical (unpaired) electrons. The molecule has 1 saturated heterocycles. The number of piperidine rings is 1. The minimum atomic E-state index is -0.797. The summed E-state index contributed by atoms with van der Waals surface area (Å²) in [5, 5.41) is 11.8. The standard InChI is InChI=1S/C15H19N3O3S/c16-14(22)10-3-1-5-12(7-10)17-13(19)9-18-6-2-4-11(8-18)15(20)21/h1,3,5,7,11H,2,4,6,8-9H2,(H2,16,22)(H,17,19)(H,20,21). The van der Waals surface area contributed by atoms with Crippen molar-refractivity contribution in [2.75, 3.05) is 25.0 Å². The van der Waals surface area contributed by atoms with Gasteiger partial charge in [0.05, 0.1) is 12.5 Å². The van der Waals surface area contributed by atoms with Gasteiger partial charge in [0, 0.05) is 17.8 Å². The van der Waals surface area contributed by atoms with Crippen LogP contribution in [0.2, 0.25) is 0 Å². The average Bonchev–Trinajstić information content (AvgIpc) is 2.47. The van der Waals surface area contributed by atoms with Crippen LogP contribution >= 0.6 is 12.2 Å². The molecule has 118 valence electrons. The second-order valence-corrected chi connectivity index (χ2v) is 5.85. The van der Waals surface area contributed by atoms with Crippen molar-refractivity contribution >= 4 is 34.8 Å². The topological polar surface area (TPSA) is 95.7 Å². The van der Waals surface area contributed by atoms with Gasteiger partial charge in [-0.15, -0.1) is 0 Å². The highest BCUT2D eigenvalue weighted by Gasteiger charge is 2.26. The molecule has 7 heteroatoms. The molecule has 1 aliphatic heterocycles. The minimum Gasteiger partial charge on any atom is -0.481 e. The summed E-state index contributed by atoms with van der Waals surface area (Å²) in [7, 11) is 0. The Balaban J connectivity index is 1.91. The number of anilines is 1. The van der Waals surface area contributed by atoms with E-state index in [1.807, 2.05) is 4.90 Å². The van der Waals surface area contributed by atoms with Gasteiger partial charge in [0.1, 0.15) is 4.99 Å². The van der Waals surface area contributed by atoms with Gasteiger partial charge in [0.2, 0.25) is 5.91 Å². The molecule has 1 aliphatic rings. The number of carboxylic acids is 1. The molecule has 6 nitrogen and oxygen atoms in total. The van der Waals surface area contributed by atoms with Crippen LogP contribution in [0.1, 0.15) is 18.4 Å². The summed E-state index contributed by atoms with van der Waals surface area (Å²) in [6.45, 7) is 1.33. The molecule has 4 N–H and O–H groups in total. The Morgan fingerprint density at radius 1 is 1.45 bits per heavy atom. The number of amides is 1. The van der Waals surface area contributed by atoms with Gasteiger partial charge in [0.15, 0.2) is 0 Å². The van der Waals surface area contributed by atoms with Crippen molar-refractivity contribution in [2.45, 2.75) is 12.8 Å². The SMILES string of the molecule is NC(=S)c1cccc(NC(=O)CN2CCCC(C(=O)O)C2)c1. The summed E-state index contributed by atoms with van der Waals surface area (Å²) in [6, 6.07) is 7.03. The van der Waals surface area contributed by atoms with Crippen LogP contribution in [-0.2, 0) is 9.59 Å². The fourth-order valence-electron chi connectivity index (χ4n) is 2.55. The lowest BCUT2D eigenvalue weighted by Crippen LogP contribution is -2.42.